The largest absolute Gasteiger partial charge is 0.458 e. The minimum Gasteiger partial charge on any atom is -0.458 e. The molecule has 0 bridgehead atoms. The summed E-state index contributed by atoms with van der Waals surface area (Å²) in [6.45, 7) is -0.432. The molecule has 0 N–H and O–H groups in total. The van der Waals surface area contributed by atoms with Crippen LogP contribution in [0.1, 0.15) is 0 Å². The zero-order chi connectivity index (χ0) is 66.0. The van der Waals surface area contributed by atoms with E-state index in [4.69, 9.17) is 4.74 Å². The molecule has 0 aliphatic carbocycles. The van der Waals surface area contributed by atoms with Gasteiger partial charge in [0.05, 0.1) is 28.4 Å². The van der Waals surface area contributed by atoms with E-state index in [1.54, 1.807) is 0 Å². The monoisotopic (exact) mass is 1340 g/mol. The van der Waals surface area contributed by atoms with Gasteiger partial charge in [-0.15, -0.1) is 34.0 Å². The average Bonchev–Trinajstić information content (AvgIpc) is 1.02. The lowest BCUT2D eigenvalue weighted by atomic mass is 9.30. The van der Waals surface area contributed by atoms with Gasteiger partial charge in [-0.1, -0.05) is 188 Å². The van der Waals surface area contributed by atoms with E-state index in [0.717, 1.165) is 108 Å². The number of ether oxygens (including phenoxy) is 1. The standard InChI is InChI=1S/C90H55B2N5OS3/c1-5-26-56(27-6-1)93(70-40-23-47-83-86(70)62-34-13-20-44-80(62)99-83)60-50-75-89-76(51-60)97(72-42-25-49-85-88(72)64-36-15-22-46-82(64)101-85)74-55-73-67(54-68(74)91(89)65-37-16-18-39-69(65)95(75)58-30-9-3-10-31-58)92-66-38-17-19-43-78(66)98-79-53-61(52-77(90(79)92)96(73)59-32-11-4-12-33-59)94(57-28-7-2-8-29-57)71-41-24-48-84-87(71)63-35-14-21-45-81(63)100-84/h1-55H. The first-order valence-corrected chi connectivity index (χ1v) is 36.9. The summed E-state index contributed by atoms with van der Waals surface area (Å²) in [6.07, 6.45) is 0. The number of anilines is 15. The summed E-state index contributed by atoms with van der Waals surface area (Å²) in [6, 6.07) is 124. The minimum atomic E-state index is -0.218. The number of para-hydroxylation sites is 6. The molecular formula is C90H55B2N5OS3. The van der Waals surface area contributed by atoms with Crippen molar-refractivity contribution in [3.63, 3.8) is 0 Å². The van der Waals surface area contributed by atoms with Crippen LogP contribution in [0.4, 0.5) is 85.3 Å². The number of thiophene rings is 3. The van der Waals surface area contributed by atoms with Gasteiger partial charge in [0.1, 0.15) is 11.5 Å². The van der Waals surface area contributed by atoms with E-state index in [9.17, 15) is 0 Å². The van der Waals surface area contributed by atoms with Crippen LogP contribution in [-0.2, 0) is 0 Å². The highest BCUT2D eigenvalue weighted by Crippen LogP contribution is 2.55. The zero-order valence-electron chi connectivity index (χ0n) is 54.3. The molecular weight excluding hydrogens is 1280 g/mol. The number of benzene rings is 15. The van der Waals surface area contributed by atoms with Gasteiger partial charge >= 0.3 is 0 Å². The van der Waals surface area contributed by atoms with Crippen molar-refractivity contribution < 1.29 is 4.74 Å². The molecule has 4 aliphatic rings. The first-order valence-electron chi connectivity index (χ1n) is 34.4. The second-order valence-corrected chi connectivity index (χ2v) is 29.8. The molecule has 18 aromatic rings. The van der Waals surface area contributed by atoms with Crippen molar-refractivity contribution in [3.8, 4) is 11.5 Å². The Morgan fingerprint density at radius 2 is 0.653 bits per heavy atom. The normalized spacial score (nSPS) is 13.1. The molecule has 0 atom stereocenters. The predicted molar refractivity (Wildman–Crippen MR) is 434 cm³/mol. The molecule has 15 aromatic carbocycles. The van der Waals surface area contributed by atoms with Crippen LogP contribution < -0.4 is 62.0 Å². The lowest BCUT2D eigenvalue weighted by molar-refractivity contribution is 0.487. The van der Waals surface area contributed by atoms with E-state index < -0.39 is 0 Å². The number of nitrogens with zero attached hydrogens (tertiary/aromatic N) is 5. The van der Waals surface area contributed by atoms with E-state index in [2.05, 4.69) is 358 Å². The first kappa shape index (κ1) is 56.9. The summed E-state index contributed by atoms with van der Waals surface area (Å²) in [4.78, 5) is 12.8. The summed E-state index contributed by atoms with van der Waals surface area (Å²) in [5.74, 6) is 1.69. The Hall–Kier alpha value is -12.1. The topological polar surface area (TPSA) is 25.4 Å². The summed E-state index contributed by atoms with van der Waals surface area (Å²) in [7, 11) is 0. The van der Waals surface area contributed by atoms with Gasteiger partial charge in [-0.05, 0) is 172 Å². The van der Waals surface area contributed by atoms with Crippen molar-refractivity contribution in [2.75, 3.05) is 24.5 Å². The van der Waals surface area contributed by atoms with Gasteiger partial charge in [-0.2, -0.15) is 0 Å². The van der Waals surface area contributed by atoms with Crippen molar-refractivity contribution >= 4 is 226 Å². The maximum absolute atomic E-state index is 7.47. The second-order valence-electron chi connectivity index (χ2n) is 26.6. The van der Waals surface area contributed by atoms with Gasteiger partial charge in [0.15, 0.2) is 0 Å². The van der Waals surface area contributed by atoms with Crippen molar-refractivity contribution in [2.45, 2.75) is 0 Å². The van der Waals surface area contributed by atoms with Crippen molar-refractivity contribution in [2.24, 2.45) is 0 Å². The van der Waals surface area contributed by atoms with Crippen LogP contribution in [0.25, 0.3) is 60.5 Å². The Kier molecular flexibility index (Phi) is 12.5. The fraction of sp³-hybridized carbons (Fsp3) is 0. The first-order chi connectivity index (χ1) is 50.1. The highest BCUT2D eigenvalue weighted by molar-refractivity contribution is 7.26. The predicted octanol–water partition coefficient (Wildman–Crippen LogP) is 22.2. The summed E-state index contributed by atoms with van der Waals surface area (Å²) in [5.41, 5.74) is 23.6. The number of rotatable bonds is 9. The highest BCUT2D eigenvalue weighted by Gasteiger charge is 2.49. The second kappa shape index (κ2) is 22.2. The lowest BCUT2D eigenvalue weighted by Gasteiger charge is -2.47. The Balaban J connectivity index is 0.869. The molecule has 101 heavy (non-hydrogen) atoms. The SMILES string of the molecule is c1ccc(N2c3cc4c(cc3B3c5ccccc5Oc5cc(N(c6ccccc6)c6cccc7sc8ccccc8c67)cc2c53)B2c3ccccc3N(c3ccccc3)c3cc(N(c5ccccc5)c5cccc6sc7ccccc7c56)cc(c32)N4c2cccc3sc4ccccc4c23)cc1. The molecule has 0 fully saturated rings. The summed E-state index contributed by atoms with van der Waals surface area (Å²) < 4.78 is 15.0. The van der Waals surface area contributed by atoms with Crippen molar-refractivity contribution in [1.82, 2.24) is 0 Å². The van der Waals surface area contributed by atoms with E-state index >= 15 is 0 Å². The Morgan fingerprint density at radius 1 is 0.248 bits per heavy atom. The fourth-order valence-corrected chi connectivity index (χ4v) is 20.5. The van der Waals surface area contributed by atoms with Crippen LogP contribution in [0.2, 0.25) is 0 Å². The van der Waals surface area contributed by atoms with Gasteiger partial charge in [0.2, 0.25) is 0 Å². The molecule has 6 nitrogen and oxygen atoms in total. The summed E-state index contributed by atoms with van der Waals surface area (Å²) >= 11 is 5.58. The minimum absolute atomic E-state index is 0.214. The number of hydrogen-bond acceptors (Lipinski definition) is 9. The Labute approximate surface area is 596 Å². The number of hydrogen-bond donors (Lipinski definition) is 0. The zero-order valence-corrected chi connectivity index (χ0v) is 56.7. The molecule has 0 unspecified atom stereocenters. The fourth-order valence-electron chi connectivity index (χ4n) is 17.2. The third-order valence-corrected chi connectivity index (χ3v) is 24.6. The van der Waals surface area contributed by atoms with E-state index in [-0.39, 0.29) is 13.4 Å². The molecule has 0 saturated carbocycles. The molecule has 0 spiro atoms. The van der Waals surface area contributed by atoms with Gasteiger partial charge in [0, 0.05) is 123 Å². The van der Waals surface area contributed by atoms with Gasteiger partial charge in [-0.25, -0.2) is 0 Å². The molecule has 7 heterocycles. The maximum atomic E-state index is 7.47. The van der Waals surface area contributed by atoms with Gasteiger partial charge in [0.25, 0.3) is 13.4 Å². The van der Waals surface area contributed by atoms with Crippen LogP contribution in [-0.4, -0.2) is 13.4 Å². The molecule has 0 saturated heterocycles. The third kappa shape index (κ3) is 8.46. The van der Waals surface area contributed by atoms with Crippen LogP contribution in [0.15, 0.2) is 334 Å². The van der Waals surface area contributed by atoms with Gasteiger partial charge in [-0.3, -0.25) is 0 Å². The number of fused-ring (bicyclic) bond motifs is 17. The van der Waals surface area contributed by atoms with E-state index in [0.29, 0.717) is 0 Å². The molecule has 4 aliphatic heterocycles. The molecule has 0 radical (unpaired) electrons. The van der Waals surface area contributed by atoms with Crippen LogP contribution in [0, 0.1) is 0 Å². The molecule has 3 aromatic heterocycles. The smallest absolute Gasteiger partial charge is 0.256 e. The maximum Gasteiger partial charge on any atom is 0.256 e. The van der Waals surface area contributed by atoms with Crippen LogP contribution >= 0.6 is 34.0 Å². The average molecular weight is 1340 g/mol. The molecule has 11 heteroatoms. The lowest BCUT2D eigenvalue weighted by Crippen LogP contribution is -2.64. The third-order valence-electron chi connectivity index (χ3n) is 21.2. The van der Waals surface area contributed by atoms with Crippen molar-refractivity contribution in [3.05, 3.63) is 334 Å². The van der Waals surface area contributed by atoms with E-state index in [1.165, 1.54) is 82.4 Å². The molecule has 0 amide bonds. The quantitative estimate of drug-likeness (QED) is 0.134. The Bertz CT molecular complexity index is 6460. The van der Waals surface area contributed by atoms with E-state index in [1.807, 2.05) is 34.0 Å². The van der Waals surface area contributed by atoms with Crippen LogP contribution in [0.3, 0.4) is 0 Å². The van der Waals surface area contributed by atoms with Crippen LogP contribution in [0.5, 0.6) is 11.5 Å². The molecule has 22 rings (SSSR count). The van der Waals surface area contributed by atoms with Crippen molar-refractivity contribution in [1.29, 1.82) is 0 Å². The molecule has 470 valence electrons. The Morgan fingerprint density at radius 3 is 1.24 bits per heavy atom. The summed E-state index contributed by atoms with van der Waals surface area (Å²) in [5, 5.41) is 7.42. The van der Waals surface area contributed by atoms with Gasteiger partial charge < -0.3 is 29.2 Å². The highest BCUT2D eigenvalue weighted by atomic mass is 32.1.